The van der Waals surface area contributed by atoms with E-state index in [1.165, 1.54) is 0 Å². The first kappa shape index (κ1) is 13.8. The van der Waals surface area contributed by atoms with Crippen molar-refractivity contribution in [2.24, 2.45) is 0 Å². The average molecular weight is 366 g/mol. The normalized spacial score (nSPS) is 12.4. The fourth-order valence-corrected chi connectivity index (χ4v) is 1.22. The summed E-state index contributed by atoms with van der Waals surface area (Å²) in [6, 6.07) is 0. The summed E-state index contributed by atoms with van der Waals surface area (Å²) in [5.74, 6) is 0. The first-order valence-electron chi connectivity index (χ1n) is 4.60. The summed E-state index contributed by atoms with van der Waals surface area (Å²) in [6.07, 6.45) is 0. The second-order valence-electron chi connectivity index (χ2n) is 5.49. The van der Waals surface area contributed by atoms with Crippen molar-refractivity contribution in [2.75, 3.05) is 0 Å². The Morgan fingerprint density at radius 3 is 1.29 bits per heavy atom. The minimum absolute atomic E-state index is 0. The summed E-state index contributed by atoms with van der Waals surface area (Å²) in [5.41, 5.74) is 2.10. The van der Waals surface area contributed by atoms with E-state index in [0.717, 1.165) is 11.4 Å². The second-order valence-corrected chi connectivity index (χ2v) is 5.49. The maximum atomic E-state index is 4.09. The molecule has 0 aromatic carbocycles. The molecule has 1 radical (unpaired) electrons. The Kier molecular flexibility index (Phi) is 4.06. The molecule has 0 unspecified atom stereocenters. The number of aromatic nitrogens is 3. The molecule has 0 saturated heterocycles. The number of nitrogens with zero attached hydrogens (tertiary/aromatic N) is 3. The van der Waals surface area contributed by atoms with Gasteiger partial charge < -0.3 is 15.4 Å². The van der Waals surface area contributed by atoms with E-state index in [2.05, 4.69) is 57.0 Å². The number of rotatable bonds is 0. The van der Waals surface area contributed by atoms with E-state index in [1.807, 2.05) is 0 Å². The molecule has 81 valence electrons. The van der Waals surface area contributed by atoms with Crippen LogP contribution in [0.5, 0.6) is 0 Å². The van der Waals surface area contributed by atoms with Crippen molar-refractivity contribution in [2.45, 2.75) is 52.4 Å². The van der Waals surface area contributed by atoms with Crippen LogP contribution in [0, 0.1) is 0 Å². The van der Waals surface area contributed by atoms with Crippen LogP contribution in [0.1, 0.15) is 52.9 Å². The zero-order valence-corrected chi connectivity index (χ0v) is 12.4. The Balaban J connectivity index is 0.00000169. The predicted molar refractivity (Wildman–Crippen MR) is 52.8 cm³/mol. The quantitative estimate of drug-likeness (QED) is 0.705. The van der Waals surface area contributed by atoms with Gasteiger partial charge in [0.05, 0.1) is 0 Å². The fraction of sp³-hybridized carbons (Fsp3) is 0.800. The zero-order chi connectivity index (χ0) is 10.3. The minimum atomic E-state index is 0. The monoisotopic (exact) mass is 367 g/mol. The molecule has 0 atom stereocenters. The van der Waals surface area contributed by atoms with Gasteiger partial charge in [0.25, 0.3) is 0 Å². The van der Waals surface area contributed by atoms with Crippen LogP contribution in [0.25, 0.3) is 0 Å². The van der Waals surface area contributed by atoms with Gasteiger partial charge in [0.1, 0.15) is 0 Å². The van der Waals surface area contributed by atoms with Crippen molar-refractivity contribution in [3.63, 3.8) is 0 Å². The molecule has 0 spiro atoms. The molecule has 4 heteroatoms. The summed E-state index contributed by atoms with van der Waals surface area (Å²) in [4.78, 5) is 0. The summed E-state index contributed by atoms with van der Waals surface area (Å²) < 4.78 is 0. The molecule has 3 nitrogen and oxygen atoms in total. The Hall–Kier alpha value is -0.198. The van der Waals surface area contributed by atoms with Crippen molar-refractivity contribution in [3.05, 3.63) is 11.4 Å². The van der Waals surface area contributed by atoms with Gasteiger partial charge in [-0.15, -0.1) is 0 Å². The van der Waals surface area contributed by atoms with Crippen LogP contribution in [-0.2, 0) is 31.3 Å². The molecule has 0 aliphatic carbocycles. The van der Waals surface area contributed by atoms with Gasteiger partial charge in [-0.05, 0) is 0 Å². The van der Waals surface area contributed by atoms with Gasteiger partial charge in [-0.1, -0.05) is 41.5 Å². The van der Waals surface area contributed by atoms with Crippen LogP contribution in [0.4, 0.5) is 0 Å². The van der Waals surface area contributed by atoms with Gasteiger partial charge in [0, 0.05) is 42.6 Å². The van der Waals surface area contributed by atoms with Crippen molar-refractivity contribution < 1.29 is 20.4 Å². The van der Waals surface area contributed by atoms with Gasteiger partial charge >= 0.3 is 0 Å². The largest absolute Gasteiger partial charge is 0.493 e. The predicted octanol–water partition coefficient (Wildman–Crippen LogP) is 2.03. The number of hydrogen-bond acceptors (Lipinski definition) is 2. The number of hydrogen-bond donors (Lipinski definition) is 0. The SMILES string of the molecule is CC(C)(C)c1n[n-]nc1C(C)(C)C.[Re]. The van der Waals surface area contributed by atoms with Crippen molar-refractivity contribution in [1.82, 2.24) is 15.4 Å². The van der Waals surface area contributed by atoms with Crippen LogP contribution in [0.2, 0.25) is 0 Å². The summed E-state index contributed by atoms with van der Waals surface area (Å²) in [7, 11) is 0. The van der Waals surface area contributed by atoms with Crippen molar-refractivity contribution >= 4 is 0 Å². The standard InChI is InChI=1S/C10H18N3.Re/c1-9(2,3)7-8(10(4,5)6)12-13-11-7;/h1-6H3;/q-1;. The fourth-order valence-electron chi connectivity index (χ4n) is 1.22. The first-order valence-corrected chi connectivity index (χ1v) is 4.60. The second kappa shape index (κ2) is 4.12. The van der Waals surface area contributed by atoms with E-state index in [1.54, 1.807) is 0 Å². The summed E-state index contributed by atoms with van der Waals surface area (Å²) in [5, 5.41) is 11.9. The topological polar surface area (TPSA) is 39.9 Å². The third-order valence-electron chi connectivity index (χ3n) is 1.93. The van der Waals surface area contributed by atoms with Gasteiger partial charge in [0.2, 0.25) is 0 Å². The van der Waals surface area contributed by atoms with Crippen molar-refractivity contribution in [3.8, 4) is 0 Å². The molecule has 0 aliphatic rings. The van der Waals surface area contributed by atoms with Crippen LogP contribution in [0.3, 0.4) is 0 Å². The summed E-state index contributed by atoms with van der Waals surface area (Å²) >= 11 is 0. The van der Waals surface area contributed by atoms with Gasteiger partial charge in [-0.3, -0.25) is 0 Å². The molecule has 0 N–H and O–H groups in total. The van der Waals surface area contributed by atoms with Gasteiger partial charge in [-0.25, -0.2) is 0 Å². The Labute approximate surface area is 99.7 Å². The van der Waals surface area contributed by atoms with Crippen LogP contribution < -0.4 is 5.21 Å². The minimum Gasteiger partial charge on any atom is -0.493 e. The molecular weight excluding hydrogens is 348 g/mol. The first-order chi connectivity index (χ1) is 5.73. The molecule has 0 saturated carbocycles. The van der Waals surface area contributed by atoms with Crippen molar-refractivity contribution in [1.29, 1.82) is 0 Å². The maximum absolute atomic E-state index is 4.09. The van der Waals surface area contributed by atoms with Gasteiger partial charge in [-0.2, -0.15) is 0 Å². The molecule has 1 rings (SSSR count). The molecule has 0 bridgehead atoms. The molecule has 0 aliphatic heterocycles. The van der Waals surface area contributed by atoms with Gasteiger partial charge in [0.15, 0.2) is 0 Å². The maximum Gasteiger partial charge on any atom is 0.0448 e. The Morgan fingerprint density at radius 1 is 0.786 bits per heavy atom. The average Bonchev–Trinajstić information content (AvgIpc) is 2.27. The zero-order valence-electron chi connectivity index (χ0n) is 9.72. The van der Waals surface area contributed by atoms with E-state index < -0.39 is 0 Å². The third-order valence-corrected chi connectivity index (χ3v) is 1.93. The van der Waals surface area contributed by atoms with E-state index in [-0.39, 0.29) is 31.3 Å². The van der Waals surface area contributed by atoms with E-state index in [9.17, 15) is 0 Å². The third kappa shape index (κ3) is 2.90. The van der Waals surface area contributed by atoms with Crippen LogP contribution >= 0.6 is 0 Å². The summed E-state index contributed by atoms with van der Waals surface area (Å²) in [6.45, 7) is 12.8. The van der Waals surface area contributed by atoms with E-state index in [0.29, 0.717) is 0 Å². The molecule has 1 aromatic heterocycles. The van der Waals surface area contributed by atoms with Crippen LogP contribution in [-0.4, -0.2) is 10.2 Å². The molecule has 1 aromatic rings. The van der Waals surface area contributed by atoms with E-state index >= 15 is 0 Å². The molecule has 14 heavy (non-hydrogen) atoms. The molecule has 1 heterocycles. The molecular formula is C10H18N3Re-. The van der Waals surface area contributed by atoms with E-state index in [4.69, 9.17) is 0 Å². The molecule has 0 fully saturated rings. The van der Waals surface area contributed by atoms with Crippen LogP contribution in [0.15, 0.2) is 0 Å². The Bertz CT molecular complexity index is 263. The molecule has 0 amide bonds. The Morgan fingerprint density at radius 2 is 1.07 bits per heavy atom. The smallest absolute Gasteiger partial charge is 0.0448 e.